The van der Waals surface area contributed by atoms with Gasteiger partial charge in [0.2, 0.25) is 5.91 Å². The minimum Gasteiger partial charge on any atom is -0.464 e. The van der Waals surface area contributed by atoms with Crippen LogP contribution in [0.25, 0.3) is 0 Å². The number of thioether (sulfide) groups is 1. The van der Waals surface area contributed by atoms with Gasteiger partial charge in [0, 0.05) is 7.05 Å². The van der Waals surface area contributed by atoms with Crippen molar-refractivity contribution in [2.75, 3.05) is 13.3 Å². The molecule has 0 aliphatic heterocycles. The van der Waals surface area contributed by atoms with Crippen LogP contribution in [0.5, 0.6) is 0 Å². The van der Waals surface area contributed by atoms with E-state index in [-0.39, 0.29) is 11.9 Å². The van der Waals surface area contributed by atoms with Crippen LogP contribution < -0.4 is 10.6 Å². The first-order valence-electron chi connectivity index (χ1n) is 5.19. The molecule has 0 radical (unpaired) electrons. The molecule has 0 fully saturated rings. The Labute approximate surface area is 100 Å². The van der Waals surface area contributed by atoms with Crippen molar-refractivity contribution in [2.24, 2.45) is 0 Å². The first-order chi connectivity index (χ1) is 7.67. The molecule has 4 nitrogen and oxygen atoms in total. The molecule has 1 unspecified atom stereocenters. The lowest BCUT2D eigenvalue weighted by atomic mass is 10.3. The number of furan rings is 1. The molecule has 90 valence electrons. The molecule has 1 heterocycles. The minimum absolute atomic E-state index is 0.0177. The molecule has 1 rings (SSSR count). The maximum absolute atomic E-state index is 11.2. The number of amides is 1. The molecular weight excluding hydrogens is 224 g/mol. The van der Waals surface area contributed by atoms with Gasteiger partial charge in [0.15, 0.2) is 0 Å². The van der Waals surface area contributed by atoms with Crippen molar-refractivity contribution in [3.63, 3.8) is 0 Å². The van der Waals surface area contributed by atoms with Gasteiger partial charge in [0.25, 0.3) is 0 Å². The highest BCUT2D eigenvalue weighted by Gasteiger charge is 2.10. The lowest BCUT2D eigenvalue weighted by Gasteiger charge is -2.10. The van der Waals surface area contributed by atoms with E-state index in [9.17, 15) is 4.79 Å². The quantitative estimate of drug-likeness (QED) is 0.791. The fourth-order valence-electron chi connectivity index (χ4n) is 1.30. The molecule has 0 aliphatic rings. The number of carbonyl (C=O) groups is 1. The molecule has 1 atom stereocenters. The number of carbonyl (C=O) groups excluding carboxylic acids is 1. The molecule has 0 saturated heterocycles. The SMILES string of the molecule is CNC(=O)C(C)NCc1ccc(CSC)o1. The first kappa shape index (κ1) is 13.1. The Kier molecular flexibility index (Phi) is 5.42. The third kappa shape index (κ3) is 3.90. The molecule has 2 N–H and O–H groups in total. The summed E-state index contributed by atoms with van der Waals surface area (Å²) in [5.74, 6) is 2.69. The van der Waals surface area contributed by atoms with E-state index in [1.54, 1.807) is 18.8 Å². The van der Waals surface area contributed by atoms with Crippen molar-refractivity contribution in [3.05, 3.63) is 23.7 Å². The maximum atomic E-state index is 11.2. The third-order valence-electron chi connectivity index (χ3n) is 2.23. The van der Waals surface area contributed by atoms with Crippen LogP contribution in [0.3, 0.4) is 0 Å². The number of rotatable bonds is 6. The zero-order valence-electron chi connectivity index (χ0n) is 9.87. The second-order valence-electron chi connectivity index (χ2n) is 3.52. The summed E-state index contributed by atoms with van der Waals surface area (Å²) in [6.45, 7) is 2.40. The molecule has 0 spiro atoms. The summed E-state index contributed by atoms with van der Waals surface area (Å²) in [6, 6.07) is 3.70. The van der Waals surface area contributed by atoms with E-state index >= 15 is 0 Å². The Bertz CT molecular complexity index is 338. The Morgan fingerprint density at radius 1 is 1.50 bits per heavy atom. The van der Waals surface area contributed by atoms with Gasteiger partial charge in [-0.15, -0.1) is 0 Å². The number of nitrogens with one attached hydrogen (secondary N) is 2. The van der Waals surface area contributed by atoms with E-state index in [1.165, 1.54) is 0 Å². The lowest BCUT2D eigenvalue weighted by Crippen LogP contribution is -2.40. The summed E-state index contributed by atoms with van der Waals surface area (Å²) in [4.78, 5) is 11.2. The second-order valence-corrected chi connectivity index (χ2v) is 4.38. The highest BCUT2D eigenvalue weighted by Crippen LogP contribution is 2.13. The standard InChI is InChI=1S/C11H18N2O2S/c1-8(11(14)12-2)13-6-9-4-5-10(15-9)7-16-3/h4-5,8,13H,6-7H2,1-3H3,(H,12,14). The average molecular weight is 242 g/mol. The van der Waals surface area contributed by atoms with Crippen LogP contribution in [0.4, 0.5) is 0 Å². The van der Waals surface area contributed by atoms with Gasteiger partial charge >= 0.3 is 0 Å². The second kappa shape index (κ2) is 6.60. The summed E-state index contributed by atoms with van der Waals surface area (Å²) < 4.78 is 5.57. The highest BCUT2D eigenvalue weighted by atomic mass is 32.2. The van der Waals surface area contributed by atoms with Crippen molar-refractivity contribution >= 4 is 17.7 Å². The first-order valence-corrected chi connectivity index (χ1v) is 6.58. The van der Waals surface area contributed by atoms with Crippen LogP contribution in [0.15, 0.2) is 16.5 Å². The fourth-order valence-corrected chi connectivity index (χ4v) is 1.74. The van der Waals surface area contributed by atoms with E-state index in [1.807, 2.05) is 25.3 Å². The summed E-state index contributed by atoms with van der Waals surface area (Å²) >= 11 is 1.72. The molecule has 1 aromatic rings. The maximum Gasteiger partial charge on any atom is 0.236 e. The zero-order valence-corrected chi connectivity index (χ0v) is 10.7. The van der Waals surface area contributed by atoms with Gasteiger partial charge in [0.1, 0.15) is 11.5 Å². The largest absolute Gasteiger partial charge is 0.464 e. The van der Waals surface area contributed by atoms with Crippen LogP contribution in [0.2, 0.25) is 0 Å². The summed E-state index contributed by atoms with van der Waals surface area (Å²) in [5, 5.41) is 5.68. The molecule has 0 aliphatic carbocycles. The monoisotopic (exact) mass is 242 g/mol. The van der Waals surface area contributed by atoms with Gasteiger partial charge in [-0.2, -0.15) is 11.8 Å². The molecular formula is C11H18N2O2S. The third-order valence-corrected chi connectivity index (χ3v) is 2.80. The molecule has 5 heteroatoms. The van der Waals surface area contributed by atoms with E-state index in [0.717, 1.165) is 17.3 Å². The van der Waals surface area contributed by atoms with E-state index in [2.05, 4.69) is 10.6 Å². The smallest absolute Gasteiger partial charge is 0.236 e. The number of likely N-dealkylation sites (N-methyl/N-ethyl adjacent to an activating group) is 1. The Morgan fingerprint density at radius 2 is 2.19 bits per heavy atom. The molecule has 1 amide bonds. The summed E-state index contributed by atoms with van der Waals surface area (Å²) in [5.41, 5.74) is 0. The molecule has 0 bridgehead atoms. The predicted octanol–water partition coefficient (Wildman–Crippen LogP) is 1.37. The molecule has 0 saturated carbocycles. The minimum atomic E-state index is -0.209. The van der Waals surface area contributed by atoms with Crippen LogP contribution in [-0.4, -0.2) is 25.3 Å². The van der Waals surface area contributed by atoms with Crippen molar-refractivity contribution in [1.29, 1.82) is 0 Å². The van der Waals surface area contributed by atoms with Gasteiger partial charge in [-0.1, -0.05) is 0 Å². The lowest BCUT2D eigenvalue weighted by molar-refractivity contribution is -0.122. The number of hydrogen-bond donors (Lipinski definition) is 2. The van der Waals surface area contributed by atoms with Gasteiger partial charge in [-0.25, -0.2) is 0 Å². The molecule has 0 aromatic carbocycles. The fraction of sp³-hybridized carbons (Fsp3) is 0.545. The predicted molar refractivity (Wildman–Crippen MR) is 66.3 cm³/mol. The van der Waals surface area contributed by atoms with Crippen LogP contribution in [0.1, 0.15) is 18.4 Å². The van der Waals surface area contributed by atoms with Gasteiger partial charge < -0.3 is 9.73 Å². The summed E-state index contributed by atoms with van der Waals surface area (Å²) in [7, 11) is 1.63. The Morgan fingerprint density at radius 3 is 2.81 bits per heavy atom. The van der Waals surface area contributed by atoms with Crippen LogP contribution in [-0.2, 0) is 17.1 Å². The van der Waals surface area contributed by atoms with E-state index in [0.29, 0.717) is 6.54 Å². The van der Waals surface area contributed by atoms with E-state index < -0.39 is 0 Å². The zero-order chi connectivity index (χ0) is 12.0. The van der Waals surface area contributed by atoms with Crippen molar-refractivity contribution in [1.82, 2.24) is 10.6 Å². The Hall–Kier alpha value is -0.940. The van der Waals surface area contributed by atoms with E-state index in [4.69, 9.17) is 4.42 Å². The van der Waals surface area contributed by atoms with Gasteiger partial charge in [-0.3, -0.25) is 10.1 Å². The number of hydrogen-bond acceptors (Lipinski definition) is 4. The molecule has 16 heavy (non-hydrogen) atoms. The van der Waals surface area contributed by atoms with Crippen molar-refractivity contribution < 1.29 is 9.21 Å². The summed E-state index contributed by atoms with van der Waals surface area (Å²) in [6.07, 6.45) is 2.04. The van der Waals surface area contributed by atoms with Gasteiger partial charge in [-0.05, 0) is 25.3 Å². The van der Waals surface area contributed by atoms with Crippen LogP contribution >= 0.6 is 11.8 Å². The van der Waals surface area contributed by atoms with Crippen molar-refractivity contribution in [3.8, 4) is 0 Å². The highest BCUT2D eigenvalue weighted by molar-refractivity contribution is 7.97. The normalized spacial score (nSPS) is 12.4. The van der Waals surface area contributed by atoms with Crippen LogP contribution in [0, 0.1) is 0 Å². The molecule has 1 aromatic heterocycles. The Balaban J connectivity index is 2.39. The van der Waals surface area contributed by atoms with Crippen molar-refractivity contribution in [2.45, 2.75) is 25.3 Å². The topological polar surface area (TPSA) is 54.3 Å². The van der Waals surface area contributed by atoms with Gasteiger partial charge in [0.05, 0.1) is 18.3 Å². The average Bonchev–Trinajstić information content (AvgIpc) is 2.73.